The molecule has 0 bridgehead atoms. The van der Waals surface area contributed by atoms with Crippen LogP contribution >= 0.6 is 0 Å². The van der Waals surface area contributed by atoms with Gasteiger partial charge >= 0.3 is 0 Å². The number of furan rings is 1. The second-order valence-corrected chi connectivity index (χ2v) is 6.49. The van der Waals surface area contributed by atoms with Gasteiger partial charge in [0.25, 0.3) is 5.91 Å². The fourth-order valence-electron chi connectivity index (χ4n) is 3.93. The van der Waals surface area contributed by atoms with Crippen molar-refractivity contribution in [2.24, 2.45) is 12.5 Å². The van der Waals surface area contributed by atoms with Crippen molar-refractivity contribution < 1.29 is 13.9 Å². The predicted octanol–water partition coefficient (Wildman–Crippen LogP) is 1.44. The molecule has 0 radical (unpaired) electrons. The maximum absolute atomic E-state index is 12.7. The number of rotatable bonds is 2. The van der Waals surface area contributed by atoms with E-state index in [1.165, 1.54) is 6.26 Å². The molecular formula is C16H20N4O3. The van der Waals surface area contributed by atoms with Crippen molar-refractivity contribution in [3.05, 3.63) is 36.3 Å². The average molecular weight is 316 g/mol. The van der Waals surface area contributed by atoms with Crippen LogP contribution in [0.2, 0.25) is 0 Å². The molecule has 2 aliphatic rings. The first kappa shape index (κ1) is 14.4. The highest BCUT2D eigenvalue weighted by Crippen LogP contribution is 2.49. The molecule has 2 aromatic heterocycles. The monoisotopic (exact) mass is 316 g/mol. The highest BCUT2D eigenvalue weighted by atomic mass is 16.5. The molecule has 0 aromatic carbocycles. The zero-order valence-electron chi connectivity index (χ0n) is 13.1. The summed E-state index contributed by atoms with van der Waals surface area (Å²) in [6.45, 7) is 2.83. The number of nitrogens with zero attached hydrogens (tertiary/aromatic N) is 4. The summed E-state index contributed by atoms with van der Waals surface area (Å²) in [6, 6.07) is 3.46. The molecule has 2 aromatic rings. The molecule has 4 rings (SSSR count). The topological polar surface area (TPSA) is 73.4 Å². The summed E-state index contributed by atoms with van der Waals surface area (Å²) in [4.78, 5) is 14.6. The molecule has 1 unspecified atom stereocenters. The van der Waals surface area contributed by atoms with E-state index in [0.717, 1.165) is 31.9 Å². The first-order chi connectivity index (χ1) is 11.2. The van der Waals surface area contributed by atoms with E-state index >= 15 is 0 Å². The Bertz CT molecular complexity index is 688. The molecule has 7 heteroatoms. The lowest BCUT2D eigenvalue weighted by molar-refractivity contribution is 0.0106. The van der Waals surface area contributed by atoms with Crippen molar-refractivity contribution in [1.82, 2.24) is 19.7 Å². The lowest BCUT2D eigenvalue weighted by Crippen LogP contribution is -2.37. The Labute approximate surface area is 134 Å². The second kappa shape index (κ2) is 5.49. The first-order valence-electron chi connectivity index (χ1n) is 7.94. The second-order valence-electron chi connectivity index (χ2n) is 6.49. The van der Waals surface area contributed by atoms with Crippen LogP contribution in [0, 0.1) is 5.41 Å². The number of aryl methyl sites for hydroxylation is 1. The van der Waals surface area contributed by atoms with Gasteiger partial charge in [-0.2, -0.15) is 0 Å². The summed E-state index contributed by atoms with van der Waals surface area (Å²) in [5, 5.41) is 8.34. The smallest absolute Gasteiger partial charge is 0.289 e. The third-order valence-corrected chi connectivity index (χ3v) is 5.21. The molecule has 2 fully saturated rings. The first-order valence-corrected chi connectivity index (χ1v) is 7.94. The molecule has 4 heterocycles. The summed E-state index contributed by atoms with van der Waals surface area (Å²) >= 11 is 0. The third-order valence-electron chi connectivity index (χ3n) is 5.21. The van der Waals surface area contributed by atoms with Gasteiger partial charge in [-0.15, -0.1) is 10.2 Å². The Morgan fingerprint density at radius 3 is 2.87 bits per heavy atom. The number of carbonyl (C=O) groups is 1. The summed E-state index contributed by atoms with van der Waals surface area (Å²) < 4.78 is 12.8. The quantitative estimate of drug-likeness (QED) is 0.838. The van der Waals surface area contributed by atoms with Crippen LogP contribution in [0.3, 0.4) is 0 Å². The molecule has 2 aliphatic heterocycles. The number of amides is 1. The minimum Gasteiger partial charge on any atom is -0.459 e. The van der Waals surface area contributed by atoms with Crippen LogP contribution in [0.1, 0.15) is 35.1 Å². The molecule has 1 spiro atoms. The van der Waals surface area contributed by atoms with E-state index in [1.54, 1.807) is 18.5 Å². The van der Waals surface area contributed by atoms with Crippen molar-refractivity contribution in [3.63, 3.8) is 0 Å². The van der Waals surface area contributed by atoms with Gasteiger partial charge in [-0.25, -0.2) is 0 Å². The number of hydrogen-bond acceptors (Lipinski definition) is 5. The highest BCUT2D eigenvalue weighted by molar-refractivity contribution is 5.91. The molecule has 2 saturated heterocycles. The maximum Gasteiger partial charge on any atom is 0.289 e. The van der Waals surface area contributed by atoms with E-state index < -0.39 is 0 Å². The minimum atomic E-state index is -0.0504. The predicted molar refractivity (Wildman–Crippen MR) is 80.8 cm³/mol. The van der Waals surface area contributed by atoms with E-state index in [1.807, 2.05) is 16.5 Å². The Balaban J connectivity index is 1.66. The van der Waals surface area contributed by atoms with Crippen molar-refractivity contribution in [2.75, 3.05) is 26.3 Å². The van der Waals surface area contributed by atoms with Crippen molar-refractivity contribution in [1.29, 1.82) is 0 Å². The molecule has 23 heavy (non-hydrogen) atoms. The van der Waals surface area contributed by atoms with Crippen molar-refractivity contribution in [3.8, 4) is 0 Å². The van der Waals surface area contributed by atoms with Gasteiger partial charge in [0.05, 0.1) is 6.26 Å². The van der Waals surface area contributed by atoms with Gasteiger partial charge in [0, 0.05) is 44.7 Å². The van der Waals surface area contributed by atoms with Gasteiger partial charge < -0.3 is 18.6 Å². The molecule has 122 valence electrons. The van der Waals surface area contributed by atoms with Gasteiger partial charge in [-0.05, 0) is 25.0 Å². The SMILES string of the molecule is Cn1cnnc1C1CN(C(=O)c2ccco2)CC12CCOCC2. The molecule has 0 aliphatic carbocycles. The van der Waals surface area contributed by atoms with Gasteiger partial charge in [0.15, 0.2) is 5.76 Å². The average Bonchev–Trinajstić information content (AvgIpc) is 3.28. The summed E-state index contributed by atoms with van der Waals surface area (Å²) in [7, 11) is 1.96. The largest absolute Gasteiger partial charge is 0.459 e. The lowest BCUT2D eigenvalue weighted by Gasteiger charge is -2.37. The lowest BCUT2D eigenvalue weighted by atomic mass is 9.72. The van der Waals surface area contributed by atoms with Crippen LogP contribution in [-0.2, 0) is 11.8 Å². The van der Waals surface area contributed by atoms with Crippen LogP contribution in [0.5, 0.6) is 0 Å². The zero-order valence-corrected chi connectivity index (χ0v) is 13.1. The third kappa shape index (κ3) is 2.35. The normalized spacial score (nSPS) is 23.5. The van der Waals surface area contributed by atoms with E-state index in [4.69, 9.17) is 9.15 Å². The number of ether oxygens (including phenoxy) is 1. The van der Waals surface area contributed by atoms with Crippen LogP contribution in [0.4, 0.5) is 0 Å². The molecule has 0 N–H and O–H groups in total. The standard InChI is InChI=1S/C16H20N4O3/c1-19-11-17-18-14(19)12-9-20(15(21)13-3-2-6-23-13)10-16(12)4-7-22-8-5-16/h2-3,6,11-12H,4-5,7-10H2,1H3. The van der Waals surface area contributed by atoms with Crippen LogP contribution in [-0.4, -0.2) is 51.9 Å². The number of aromatic nitrogens is 3. The van der Waals surface area contributed by atoms with Crippen LogP contribution in [0.25, 0.3) is 0 Å². The number of hydrogen-bond donors (Lipinski definition) is 0. The van der Waals surface area contributed by atoms with Gasteiger partial charge in [-0.1, -0.05) is 0 Å². The van der Waals surface area contributed by atoms with Gasteiger partial charge in [-0.3, -0.25) is 4.79 Å². The van der Waals surface area contributed by atoms with Gasteiger partial charge in [0.2, 0.25) is 0 Å². The summed E-state index contributed by atoms with van der Waals surface area (Å²) in [5.74, 6) is 1.47. The van der Waals surface area contributed by atoms with Gasteiger partial charge in [0.1, 0.15) is 12.2 Å². The molecule has 1 atom stereocenters. The number of likely N-dealkylation sites (tertiary alicyclic amines) is 1. The van der Waals surface area contributed by atoms with E-state index in [-0.39, 0.29) is 17.2 Å². The fraction of sp³-hybridized carbons (Fsp3) is 0.562. The summed E-state index contributed by atoms with van der Waals surface area (Å²) in [5.41, 5.74) is 0.0152. The Hall–Kier alpha value is -2.15. The number of carbonyl (C=O) groups excluding carboxylic acids is 1. The van der Waals surface area contributed by atoms with E-state index in [9.17, 15) is 4.79 Å². The minimum absolute atomic E-state index is 0.0152. The van der Waals surface area contributed by atoms with Crippen LogP contribution < -0.4 is 0 Å². The molecule has 7 nitrogen and oxygen atoms in total. The Morgan fingerprint density at radius 2 is 2.22 bits per heavy atom. The zero-order chi connectivity index (χ0) is 15.9. The van der Waals surface area contributed by atoms with Crippen LogP contribution in [0.15, 0.2) is 29.1 Å². The fourth-order valence-corrected chi connectivity index (χ4v) is 3.93. The maximum atomic E-state index is 12.7. The van der Waals surface area contributed by atoms with E-state index in [2.05, 4.69) is 10.2 Å². The van der Waals surface area contributed by atoms with E-state index in [0.29, 0.717) is 18.8 Å². The summed E-state index contributed by atoms with van der Waals surface area (Å²) in [6.07, 6.45) is 5.13. The Morgan fingerprint density at radius 1 is 1.39 bits per heavy atom. The highest BCUT2D eigenvalue weighted by Gasteiger charge is 2.51. The Kier molecular flexibility index (Phi) is 3.45. The molecule has 1 amide bonds. The van der Waals surface area contributed by atoms with Crippen molar-refractivity contribution >= 4 is 5.91 Å². The molecular weight excluding hydrogens is 296 g/mol. The molecule has 0 saturated carbocycles. The van der Waals surface area contributed by atoms with Crippen molar-refractivity contribution in [2.45, 2.75) is 18.8 Å².